The van der Waals surface area contributed by atoms with Gasteiger partial charge in [-0.2, -0.15) is 0 Å². The molecule has 110 valence electrons. The smallest absolute Gasteiger partial charge is 0.204 e. The second-order valence-corrected chi connectivity index (χ2v) is 5.74. The van der Waals surface area contributed by atoms with Gasteiger partial charge >= 0.3 is 0 Å². The highest BCUT2D eigenvalue weighted by molar-refractivity contribution is 5.80. The number of nitrogens with one attached hydrogen (secondary N) is 1. The third kappa shape index (κ3) is 2.08. The molecule has 1 N–H and O–H groups in total. The Morgan fingerprint density at radius 3 is 2.73 bits per heavy atom. The van der Waals surface area contributed by atoms with Crippen molar-refractivity contribution in [3.8, 4) is 22.6 Å². The van der Waals surface area contributed by atoms with E-state index in [4.69, 9.17) is 4.98 Å². The van der Waals surface area contributed by atoms with Crippen molar-refractivity contribution in [2.24, 2.45) is 0 Å². The number of imidazole rings is 1. The number of aryl methyl sites for hydroxylation is 2. The second-order valence-electron chi connectivity index (χ2n) is 5.74. The van der Waals surface area contributed by atoms with Crippen LogP contribution in [0.4, 0.5) is 5.95 Å². The van der Waals surface area contributed by atoms with E-state index in [-0.39, 0.29) is 0 Å². The third-order valence-corrected chi connectivity index (χ3v) is 4.01. The molecule has 0 bridgehead atoms. The highest BCUT2D eigenvalue weighted by Crippen LogP contribution is 2.35. The lowest BCUT2D eigenvalue weighted by Gasteiger charge is -2.08. The van der Waals surface area contributed by atoms with Crippen LogP contribution in [0.2, 0.25) is 0 Å². The van der Waals surface area contributed by atoms with Gasteiger partial charge in [0.2, 0.25) is 5.95 Å². The molecule has 0 fully saturated rings. The molecule has 1 aromatic carbocycles. The Morgan fingerprint density at radius 1 is 1.05 bits per heavy atom. The van der Waals surface area contributed by atoms with Crippen molar-refractivity contribution in [3.63, 3.8) is 0 Å². The van der Waals surface area contributed by atoms with E-state index in [0.29, 0.717) is 0 Å². The highest BCUT2D eigenvalue weighted by Gasteiger charge is 2.23. The van der Waals surface area contributed by atoms with E-state index in [1.807, 2.05) is 25.1 Å². The van der Waals surface area contributed by atoms with Crippen LogP contribution < -0.4 is 5.32 Å². The van der Waals surface area contributed by atoms with Crippen molar-refractivity contribution < 1.29 is 0 Å². The first-order valence-corrected chi connectivity index (χ1v) is 7.58. The van der Waals surface area contributed by atoms with Gasteiger partial charge < -0.3 is 9.88 Å². The molecule has 0 saturated heterocycles. The number of aromatic nitrogens is 3. The monoisotopic (exact) mass is 290 g/mol. The van der Waals surface area contributed by atoms with E-state index in [1.165, 1.54) is 11.1 Å². The molecule has 1 aliphatic heterocycles. The van der Waals surface area contributed by atoms with Crippen LogP contribution in [0, 0.1) is 13.8 Å². The van der Waals surface area contributed by atoms with Crippen LogP contribution in [-0.4, -0.2) is 21.1 Å². The molecule has 22 heavy (non-hydrogen) atoms. The van der Waals surface area contributed by atoms with Crippen LogP contribution in [0.15, 0.2) is 42.5 Å². The molecule has 4 heteroatoms. The summed E-state index contributed by atoms with van der Waals surface area (Å²) in [5, 5.41) is 3.35. The molecular weight excluding hydrogens is 272 g/mol. The van der Waals surface area contributed by atoms with Crippen molar-refractivity contribution in [2.45, 2.75) is 20.4 Å². The number of rotatable bonds is 2. The van der Waals surface area contributed by atoms with E-state index >= 15 is 0 Å². The molecule has 0 aliphatic carbocycles. The van der Waals surface area contributed by atoms with Gasteiger partial charge in [0.25, 0.3) is 0 Å². The number of pyridine rings is 1. The zero-order valence-electron chi connectivity index (χ0n) is 12.8. The average molecular weight is 290 g/mol. The molecule has 1 aliphatic rings. The minimum atomic E-state index is 0.931. The van der Waals surface area contributed by atoms with Gasteiger partial charge in [-0.05, 0) is 32.0 Å². The average Bonchev–Trinajstić information content (AvgIpc) is 3.07. The van der Waals surface area contributed by atoms with E-state index in [9.17, 15) is 0 Å². The number of hydrogen-bond donors (Lipinski definition) is 1. The van der Waals surface area contributed by atoms with Gasteiger partial charge in [-0.1, -0.05) is 29.8 Å². The first-order chi connectivity index (χ1) is 10.7. The summed E-state index contributed by atoms with van der Waals surface area (Å²) in [4.78, 5) is 9.46. The predicted octanol–water partition coefficient (Wildman–Crippen LogP) is 3.65. The maximum atomic E-state index is 4.80. The minimum absolute atomic E-state index is 0.931. The standard InChI is InChI=1S/C18H18N4/c1-12-5-3-7-14(11-12)17-16(15-8-4-6-13(2)20-15)21-18-19-9-10-22(17)18/h3-8,11H,9-10H2,1-2H3,(H,19,21). The van der Waals surface area contributed by atoms with Crippen molar-refractivity contribution >= 4 is 5.95 Å². The SMILES string of the molecule is Cc1cccc(-c2c(-c3cccc(C)n3)nc3n2CCN3)c1. The van der Waals surface area contributed by atoms with Gasteiger partial charge in [0.1, 0.15) is 5.69 Å². The molecule has 4 nitrogen and oxygen atoms in total. The molecule has 3 heterocycles. The Morgan fingerprint density at radius 2 is 1.91 bits per heavy atom. The normalized spacial score (nSPS) is 13.0. The van der Waals surface area contributed by atoms with E-state index in [2.05, 4.69) is 46.1 Å². The van der Waals surface area contributed by atoms with Crippen molar-refractivity contribution in [1.29, 1.82) is 0 Å². The van der Waals surface area contributed by atoms with E-state index in [0.717, 1.165) is 41.8 Å². The molecule has 4 rings (SSSR count). The van der Waals surface area contributed by atoms with Gasteiger partial charge in [-0.25, -0.2) is 4.98 Å². The zero-order chi connectivity index (χ0) is 15.1. The van der Waals surface area contributed by atoms with Gasteiger partial charge in [-0.15, -0.1) is 0 Å². The Bertz CT molecular complexity index is 848. The first kappa shape index (κ1) is 13.1. The molecule has 0 saturated carbocycles. The molecule has 3 aromatic rings. The van der Waals surface area contributed by atoms with Crippen LogP contribution in [0.5, 0.6) is 0 Å². The molecule has 2 aromatic heterocycles. The summed E-state index contributed by atoms with van der Waals surface area (Å²) in [6, 6.07) is 14.7. The van der Waals surface area contributed by atoms with Crippen LogP contribution >= 0.6 is 0 Å². The topological polar surface area (TPSA) is 42.7 Å². The summed E-state index contributed by atoms with van der Waals surface area (Å²) in [6.45, 7) is 6.01. The lowest BCUT2D eigenvalue weighted by atomic mass is 10.1. The van der Waals surface area contributed by atoms with Crippen LogP contribution in [0.25, 0.3) is 22.6 Å². The fourth-order valence-electron chi connectivity index (χ4n) is 3.02. The number of benzene rings is 1. The second kappa shape index (κ2) is 4.98. The van der Waals surface area contributed by atoms with Gasteiger partial charge in [0.15, 0.2) is 0 Å². The highest BCUT2D eigenvalue weighted by atomic mass is 15.3. The Kier molecular flexibility index (Phi) is 2.96. The largest absolute Gasteiger partial charge is 0.354 e. The van der Waals surface area contributed by atoms with Gasteiger partial charge in [-0.3, -0.25) is 4.98 Å². The van der Waals surface area contributed by atoms with Crippen molar-refractivity contribution in [1.82, 2.24) is 14.5 Å². The summed E-state index contributed by atoms with van der Waals surface area (Å²) in [6.07, 6.45) is 0. The lowest BCUT2D eigenvalue weighted by molar-refractivity contribution is 0.817. The molecule has 0 atom stereocenters. The summed E-state index contributed by atoms with van der Waals surface area (Å²) in [7, 11) is 0. The first-order valence-electron chi connectivity index (χ1n) is 7.58. The maximum absolute atomic E-state index is 4.80. The molecule has 0 radical (unpaired) electrons. The summed E-state index contributed by atoms with van der Waals surface area (Å²) < 4.78 is 2.26. The van der Waals surface area contributed by atoms with Crippen molar-refractivity contribution in [3.05, 3.63) is 53.7 Å². The van der Waals surface area contributed by atoms with Crippen molar-refractivity contribution in [2.75, 3.05) is 11.9 Å². The van der Waals surface area contributed by atoms with Crippen LogP contribution in [0.3, 0.4) is 0 Å². The van der Waals surface area contributed by atoms with E-state index < -0.39 is 0 Å². The Labute approximate surface area is 129 Å². The number of nitrogens with zero attached hydrogens (tertiary/aromatic N) is 3. The Hall–Kier alpha value is -2.62. The van der Waals surface area contributed by atoms with Gasteiger partial charge in [0, 0.05) is 24.3 Å². The van der Waals surface area contributed by atoms with Gasteiger partial charge in [0.05, 0.1) is 11.4 Å². The van der Waals surface area contributed by atoms with Crippen LogP contribution in [-0.2, 0) is 6.54 Å². The minimum Gasteiger partial charge on any atom is -0.354 e. The summed E-state index contributed by atoms with van der Waals surface area (Å²) in [5.41, 5.74) is 6.50. The fourth-order valence-corrected chi connectivity index (χ4v) is 3.02. The maximum Gasteiger partial charge on any atom is 0.204 e. The zero-order valence-corrected chi connectivity index (χ0v) is 12.8. The molecular formula is C18H18N4. The quantitative estimate of drug-likeness (QED) is 0.783. The molecule has 0 unspecified atom stereocenters. The number of hydrogen-bond acceptors (Lipinski definition) is 3. The Balaban J connectivity index is 1.96. The molecule has 0 amide bonds. The van der Waals surface area contributed by atoms with Crippen LogP contribution in [0.1, 0.15) is 11.3 Å². The predicted molar refractivity (Wildman–Crippen MR) is 88.9 cm³/mol. The van der Waals surface area contributed by atoms with E-state index in [1.54, 1.807) is 0 Å². The number of fused-ring (bicyclic) bond motifs is 1. The number of anilines is 1. The summed E-state index contributed by atoms with van der Waals surface area (Å²) >= 11 is 0. The third-order valence-electron chi connectivity index (χ3n) is 4.01. The summed E-state index contributed by atoms with van der Waals surface area (Å²) in [5.74, 6) is 0.940. The fraction of sp³-hybridized carbons (Fsp3) is 0.222. The molecule has 0 spiro atoms. The lowest BCUT2D eigenvalue weighted by Crippen LogP contribution is -1.99.